The van der Waals surface area contributed by atoms with Crippen LogP contribution in [0, 0.1) is 0 Å². The Morgan fingerprint density at radius 2 is 1.44 bits per heavy atom. The van der Waals surface area contributed by atoms with Crippen molar-refractivity contribution in [1.82, 2.24) is 0 Å². The van der Waals surface area contributed by atoms with Crippen LogP contribution in [0.5, 0.6) is 0 Å². The Kier molecular flexibility index (Phi) is 5.89. The zero-order chi connectivity index (χ0) is 12.8. The van der Waals surface area contributed by atoms with Crippen LogP contribution in [0.15, 0.2) is 0 Å². The molecule has 0 aliphatic heterocycles. The lowest BCUT2D eigenvalue weighted by atomic mass is 10.1. The summed E-state index contributed by atoms with van der Waals surface area (Å²) in [4.78, 5) is 10.7. The largest absolute Gasteiger partial charge is 0.461 e. The molecule has 6 heteroatoms. The molecular formula is C10H15F5O. The van der Waals surface area contributed by atoms with E-state index in [1.807, 2.05) is 6.92 Å². The van der Waals surface area contributed by atoms with E-state index in [1.54, 1.807) is 0 Å². The number of rotatable bonds is 7. The summed E-state index contributed by atoms with van der Waals surface area (Å²) in [6.45, 7) is 1.95. The predicted octanol–water partition coefficient (Wildman–Crippen LogP) is 4.11. The Labute approximate surface area is 91.0 Å². The van der Waals surface area contributed by atoms with Gasteiger partial charge in [-0.15, -0.1) is 0 Å². The van der Waals surface area contributed by atoms with Gasteiger partial charge in [-0.2, -0.15) is 22.0 Å². The Hall–Kier alpha value is -0.680. The number of hydrogen-bond acceptors (Lipinski definition) is 1. The smallest absolute Gasteiger partial charge is 0.293 e. The topological polar surface area (TPSA) is 17.1 Å². The van der Waals surface area contributed by atoms with Crippen molar-refractivity contribution in [3.8, 4) is 0 Å². The van der Waals surface area contributed by atoms with E-state index in [2.05, 4.69) is 0 Å². The van der Waals surface area contributed by atoms with Crippen molar-refractivity contribution in [1.29, 1.82) is 0 Å². The molecule has 0 aliphatic rings. The van der Waals surface area contributed by atoms with Crippen molar-refractivity contribution in [3.63, 3.8) is 0 Å². The maximum absolute atomic E-state index is 12.4. The summed E-state index contributed by atoms with van der Waals surface area (Å²) in [5.41, 5.74) is 0. The second-order valence-electron chi connectivity index (χ2n) is 3.66. The van der Waals surface area contributed by atoms with Crippen LogP contribution < -0.4 is 0 Å². The van der Waals surface area contributed by atoms with Gasteiger partial charge in [-0.25, -0.2) is 0 Å². The Balaban J connectivity index is 3.98. The van der Waals surface area contributed by atoms with Gasteiger partial charge in [0.05, 0.1) is 0 Å². The summed E-state index contributed by atoms with van der Waals surface area (Å²) >= 11 is 0. The number of unbranched alkanes of at least 4 members (excludes halogenated alkanes) is 4. The van der Waals surface area contributed by atoms with Crippen molar-refractivity contribution in [2.45, 2.75) is 57.5 Å². The summed E-state index contributed by atoms with van der Waals surface area (Å²) in [6.07, 6.45) is -3.31. The first kappa shape index (κ1) is 15.3. The molecule has 16 heavy (non-hydrogen) atoms. The maximum atomic E-state index is 12.4. The Morgan fingerprint density at radius 3 is 1.88 bits per heavy atom. The fourth-order valence-electron chi connectivity index (χ4n) is 1.20. The molecule has 0 saturated heterocycles. The fraction of sp³-hybridized carbons (Fsp3) is 0.900. The number of ketones is 1. The van der Waals surface area contributed by atoms with Gasteiger partial charge >= 0.3 is 12.1 Å². The molecule has 0 heterocycles. The zero-order valence-corrected chi connectivity index (χ0v) is 9.04. The third-order valence-electron chi connectivity index (χ3n) is 2.21. The minimum absolute atomic E-state index is 0.0878. The molecular weight excluding hydrogens is 231 g/mol. The summed E-state index contributed by atoms with van der Waals surface area (Å²) in [5.74, 6) is -7.23. The molecule has 0 bridgehead atoms. The first-order valence-corrected chi connectivity index (χ1v) is 5.21. The average Bonchev–Trinajstić information content (AvgIpc) is 2.15. The zero-order valence-electron chi connectivity index (χ0n) is 9.04. The lowest BCUT2D eigenvalue weighted by Crippen LogP contribution is -2.43. The summed E-state index contributed by atoms with van der Waals surface area (Å²) < 4.78 is 60.1. The molecule has 0 aromatic carbocycles. The highest BCUT2D eigenvalue weighted by Gasteiger charge is 2.62. The molecule has 0 aliphatic carbocycles. The molecule has 0 aromatic rings. The highest BCUT2D eigenvalue weighted by atomic mass is 19.4. The van der Waals surface area contributed by atoms with E-state index in [-0.39, 0.29) is 6.42 Å². The number of hydrogen-bond donors (Lipinski definition) is 0. The van der Waals surface area contributed by atoms with E-state index < -0.39 is 24.3 Å². The van der Waals surface area contributed by atoms with Crippen LogP contribution in [-0.4, -0.2) is 17.9 Å². The number of carbonyl (C=O) groups is 1. The quantitative estimate of drug-likeness (QED) is 0.488. The second kappa shape index (κ2) is 6.15. The Morgan fingerprint density at radius 1 is 0.938 bits per heavy atom. The van der Waals surface area contributed by atoms with Crippen molar-refractivity contribution >= 4 is 5.78 Å². The minimum atomic E-state index is -5.77. The van der Waals surface area contributed by atoms with E-state index >= 15 is 0 Å². The average molecular weight is 246 g/mol. The molecule has 96 valence electrons. The van der Waals surface area contributed by atoms with Crippen LogP contribution >= 0.6 is 0 Å². The van der Waals surface area contributed by atoms with Gasteiger partial charge in [0.2, 0.25) is 5.78 Å². The molecule has 0 unspecified atom stereocenters. The highest BCUT2D eigenvalue weighted by molar-refractivity contribution is 5.86. The molecule has 0 N–H and O–H groups in total. The molecule has 1 nitrogen and oxygen atoms in total. The monoisotopic (exact) mass is 246 g/mol. The Bertz CT molecular complexity index is 222. The molecule has 0 fully saturated rings. The molecule has 0 saturated carbocycles. The summed E-state index contributed by atoms with van der Waals surface area (Å²) in [7, 11) is 0. The van der Waals surface area contributed by atoms with Gasteiger partial charge in [0.15, 0.2) is 0 Å². The first-order valence-electron chi connectivity index (χ1n) is 5.21. The maximum Gasteiger partial charge on any atom is 0.461 e. The van der Waals surface area contributed by atoms with Crippen LogP contribution in [0.4, 0.5) is 22.0 Å². The molecule has 0 radical (unpaired) electrons. The van der Waals surface area contributed by atoms with Gasteiger partial charge in [0.1, 0.15) is 0 Å². The second-order valence-corrected chi connectivity index (χ2v) is 3.66. The molecule has 0 rings (SSSR count). The van der Waals surface area contributed by atoms with Gasteiger partial charge in [0, 0.05) is 6.42 Å². The van der Waals surface area contributed by atoms with E-state index in [1.165, 1.54) is 0 Å². The fourth-order valence-corrected chi connectivity index (χ4v) is 1.20. The van der Waals surface area contributed by atoms with Gasteiger partial charge in [-0.3, -0.25) is 4.79 Å². The van der Waals surface area contributed by atoms with Gasteiger partial charge in [-0.1, -0.05) is 32.6 Å². The SMILES string of the molecule is CCCCCCCC(=O)C(F)(F)C(F)(F)F. The number of halogens is 5. The van der Waals surface area contributed by atoms with Crippen molar-refractivity contribution < 1.29 is 26.7 Å². The van der Waals surface area contributed by atoms with E-state index in [9.17, 15) is 26.7 Å². The first-order chi connectivity index (χ1) is 7.23. The third kappa shape index (κ3) is 4.45. The molecule has 0 aromatic heterocycles. The van der Waals surface area contributed by atoms with E-state index in [0.717, 1.165) is 19.3 Å². The van der Waals surface area contributed by atoms with E-state index in [4.69, 9.17) is 0 Å². The molecule has 0 amide bonds. The number of alkyl halides is 5. The standard InChI is InChI=1S/C10H15F5O/c1-2-3-4-5-6-7-8(16)9(11,12)10(13,14)15/h2-7H2,1H3. The lowest BCUT2D eigenvalue weighted by Gasteiger charge is -2.17. The predicted molar refractivity (Wildman–Crippen MR) is 49.4 cm³/mol. The van der Waals surface area contributed by atoms with Crippen LogP contribution in [0.3, 0.4) is 0 Å². The minimum Gasteiger partial charge on any atom is -0.293 e. The summed E-state index contributed by atoms with van der Waals surface area (Å²) in [5, 5.41) is 0. The third-order valence-corrected chi connectivity index (χ3v) is 2.21. The van der Waals surface area contributed by atoms with Gasteiger partial charge in [0.25, 0.3) is 0 Å². The normalized spacial score (nSPS) is 12.9. The van der Waals surface area contributed by atoms with Gasteiger partial charge in [-0.05, 0) is 6.42 Å². The van der Waals surface area contributed by atoms with Crippen molar-refractivity contribution in [2.24, 2.45) is 0 Å². The summed E-state index contributed by atoms with van der Waals surface area (Å²) in [6, 6.07) is 0. The number of carbonyl (C=O) groups excluding carboxylic acids is 1. The molecule has 0 spiro atoms. The lowest BCUT2D eigenvalue weighted by molar-refractivity contribution is -0.268. The van der Waals surface area contributed by atoms with Crippen molar-refractivity contribution in [2.75, 3.05) is 0 Å². The van der Waals surface area contributed by atoms with Crippen LogP contribution in [0.25, 0.3) is 0 Å². The molecule has 0 atom stereocenters. The van der Waals surface area contributed by atoms with Crippen LogP contribution in [-0.2, 0) is 4.79 Å². The highest BCUT2D eigenvalue weighted by Crippen LogP contribution is 2.37. The van der Waals surface area contributed by atoms with E-state index in [0.29, 0.717) is 6.42 Å². The van der Waals surface area contributed by atoms with Crippen molar-refractivity contribution in [3.05, 3.63) is 0 Å². The van der Waals surface area contributed by atoms with Gasteiger partial charge < -0.3 is 0 Å². The van der Waals surface area contributed by atoms with Crippen LogP contribution in [0.1, 0.15) is 45.4 Å². The van der Waals surface area contributed by atoms with Crippen LogP contribution in [0.2, 0.25) is 0 Å². The number of Topliss-reactive ketones (excluding diaryl/α,β-unsaturated/α-hetero) is 1.